The molecular weight excluding hydrogens is 314 g/mol. The van der Waals surface area contributed by atoms with Crippen LogP contribution < -0.4 is 11.1 Å². The smallest absolute Gasteiger partial charge is 0.243 e. The molecule has 0 radical (unpaired) electrons. The summed E-state index contributed by atoms with van der Waals surface area (Å²) in [5.74, 6) is -0.105. The Balaban J connectivity index is 0.00000220. The number of halogens is 1. The molecule has 0 unspecified atom stereocenters. The van der Waals surface area contributed by atoms with Crippen LogP contribution in [0, 0.1) is 0 Å². The third-order valence-corrected chi connectivity index (χ3v) is 5.16. The molecular formula is C13H20ClN3O3S. The van der Waals surface area contributed by atoms with E-state index in [0.717, 1.165) is 0 Å². The number of sulfonamides is 1. The topological polar surface area (TPSA) is 92.5 Å². The van der Waals surface area contributed by atoms with E-state index in [2.05, 4.69) is 5.32 Å². The van der Waals surface area contributed by atoms with E-state index in [9.17, 15) is 13.2 Å². The van der Waals surface area contributed by atoms with Crippen molar-refractivity contribution >= 4 is 34.0 Å². The van der Waals surface area contributed by atoms with Gasteiger partial charge in [0, 0.05) is 31.2 Å². The number of nitrogens with one attached hydrogen (secondary N) is 1. The number of hydrogen-bond acceptors (Lipinski definition) is 4. The molecule has 0 bridgehead atoms. The van der Waals surface area contributed by atoms with Crippen LogP contribution in [0.1, 0.15) is 19.8 Å². The van der Waals surface area contributed by atoms with Crippen LogP contribution in [-0.2, 0) is 14.8 Å². The molecule has 0 spiro atoms. The molecule has 0 aliphatic carbocycles. The van der Waals surface area contributed by atoms with Gasteiger partial charge in [0.2, 0.25) is 15.9 Å². The van der Waals surface area contributed by atoms with Crippen LogP contribution in [0.2, 0.25) is 0 Å². The van der Waals surface area contributed by atoms with E-state index in [-0.39, 0.29) is 29.3 Å². The number of nitrogens with two attached hydrogens (primary N) is 1. The van der Waals surface area contributed by atoms with Gasteiger partial charge in [0.1, 0.15) is 0 Å². The zero-order chi connectivity index (χ0) is 14.8. The molecule has 1 atom stereocenters. The number of anilines is 1. The van der Waals surface area contributed by atoms with E-state index >= 15 is 0 Å². The number of nitrogens with zero attached hydrogens (tertiary/aromatic N) is 1. The number of rotatable bonds is 4. The first kappa shape index (κ1) is 17.9. The molecule has 0 aromatic heterocycles. The summed E-state index contributed by atoms with van der Waals surface area (Å²) >= 11 is 0. The van der Waals surface area contributed by atoms with Gasteiger partial charge in [0.15, 0.2) is 0 Å². The summed E-state index contributed by atoms with van der Waals surface area (Å²) in [7, 11) is -3.48. The van der Waals surface area contributed by atoms with Crippen molar-refractivity contribution < 1.29 is 13.2 Å². The molecule has 1 aliphatic rings. The summed E-state index contributed by atoms with van der Waals surface area (Å²) in [4.78, 5) is 11.5. The Kier molecular flexibility index (Phi) is 6.15. The van der Waals surface area contributed by atoms with Crippen molar-refractivity contribution in [1.29, 1.82) is 0 Å². The fourth-order valence-electron chi connectivity index (χ4n) is 2.08. The maximum Gasteiger partial charge on any atom is 0.243 e. The van der Waals surface area contributed by atoms with Crippen LogP contribution in [0.3, 0.4) is 0 Å². The quantitative estimate of drug-likeness (QED) is 0.865. The molecule has 1 heterocycles. The third kappa shape index (κ3) is 4.16. The van der Waals surface area contributed by atoms with Gasteiger partial charge >= 0.3 is 0 Å². The first-order chi connectivity index (χ1) is 9.43. The first-order valence-electron chi connectivity index (χ1n) is 6.59. The summed E-state index contributed by atoms with van der Waals surface area (Å²) in [5, 5.41) is 2.68. The summed E-state index contributed by atoms with van der Waals surface area (Å²) < 4.78 is 26.1. The molecule has 0 saturated carbocycles. The molecule has 1 aliphatic heterocycles. The van der Waals surface area contributed by atoms with Crippen LogP contribution in [0.15, 0.2) is 29.2 Å². The second-order valence-electron chi connectivity index (χ2n) is 4.84. The molecule has 1 aromatic rings. The summed E-state index contributed by atoms with van der Waals surface area (Å²) in [6.45, 7) is 2.57. The predicted octanol–water partition coefficient (Wildman–Crippen LogP) is 1.18. The van der Waals surface area contributed by atoms with Crippen molar-refractivity contribution in [3.63, 3.8) is 0 Å². The highest BCUT2D eigenvalue weighted by Crippen LogP contribution is 2.21. The van der Waals surface area contributed by atoms with Crippen LogP contribution in [0.5, 0.6) is 0 Å². The Bertz CT molecular complexity index is 589. The first-order valence-corrected chi connectivity index (χ1v) is 8.03. The molecule has 21 heavy (non-hydrogen) atoms. The Labute approximate surface area is 131 Å². The van der Waals surface area contributed by atoms with Gasteiger partial charge in [-0.25, -0.2) is 8.42 Å². The highest BCUT2D eigenvalue weighted by molar-refractivity contribution is 7.89. The summed E-state index contributed by atoms with van der Waals surface area (Å²) in [6, 6.07) is 6.11. The molecule has 1 saturated heterocycles. The van der Waals surface area contributed by atoms with Gasteiger partial charge in [-0.1, -0.05) is 6.92 Å². The minimum atomic E-state index is -3.48. The van der Waals surface area contributed by atoms with Crippen molar-refractivity contribution in [2.24, 2.45) is 5.73 Å². The standard InChI is InChI=1S/C13H19N3O3S.ClH/c1-2-13(17)15-11-3-5-12(6-4-11)20(18,19)16-8-7-10(14)9-16;/h3-6,10H,2,7-9,14H2,1H3,(H,15,17);1H/t10-;/m1./s1. The Morgan fingerprint density at radius 3 is 2.48 bits per heavy atom. The predicted molar refractivity (Wildman–Crippen MR) is 84.0 cm³/mol. The maximum atomic E-state index is 12.4. The van der Waals surface area contributed by atoms with Gasteiger partial charge < -0.3 is 11.1 Å². The molecule has 2 rings (SSSR count). The molecule has 118 valence electrons. The largest absolute Gasteiger partial charge is 0.326 e. The lowest BCUT2D eigenvalue weighted by Crippen LogP contribution is -2.31. The SMILES string of the molecule is CCC(=O)Nc1ccc(S(=O)(=O)N2CC[C@@H](N)C2)cc1.Cl. The average molecular weight is 334 g/mol. The lowest BCUT2D eigenvalue weighted by Gasteiger charge is -2.16. The van der Waals surface area contributed by atoms with Crippen molar-refractivity contribution in [3.8, 4) is 0 Å². The molecule has 6 nitrogen and oxygen atoms in total. The highest BCUT2D eigenvalue weighted by Gasteiger charge is 2.30. The van der Waals surface area contributed by atoms with Gasteiger partial charge in [-0.05, 0) is 30.7 Å². The van der Waals surface area contributed by atoms with E-state index in [4.69, 9.17) is 5.73 Å². The van der Waals surface area contributed by atoms with E-state index < -0.39 is 10.0 Å². The summed E-state index contributed by atoms with van der Waals surface area (Å²) in [5.41, 5.74) is 6.33. The lowest BCUT2D eigenvalue weighted by atomic mass is 10.3. The van der Waals surface area contributed by atoms with Gasteiger partial charge in [0.25, 0.3) is 0 Å². The fourth-order valence-corrected chi connectivity index (χ4v) is 3.59. The minimum Gasteiger partial charge on any atom is -0.326 e. The number of amides is 1. The Morgan fingerprint density at radius 2 is 2.00 bits per heavy atom. The van der Waals surface area contributed by atoms with Gasteiger partial charge in [-0.2, -0.15) is 4.31 Å². The molecule has 3 N–H and O–H groups in total. The maximum absolute atomic E-state index is 12.4. The monoisotopic (exact) mass is 333 g/mol. The second kappa shape index (κ2) is 7.22. The average Bonchev–Trinajstić information content (AvgIpc) is 2.86. The van der Waals surface area contributed by atoms with Crippen LogP contribution in [0.4, 0.5) is 5.69 Å². The minimum absolute atomic E-state index is 0. The number of carbonyl (C=O) groups excluding carboxylic acids is 1. The lowest BCUT2D eigenvalue weighted by molar-refractivity contribution is -0.115. The van der Waals surface area contributed by atoms with Crippen molar-refractivity contribution in [3.05, 3.63) is 24.3 Å². The van der Waals surface area contributed by atoms with Gasteiger partial charge in [-0.3, -0.25) is 4.79 Å². The van der Waals surface area contributed by atoms with Crippen LogP contribution >= 0.6 is 12.4 Å². The molecule has 1 aromatic carbocycles. The Morgan fingerprint density at radius 1 is 1.38 bits per heavy atom. The van der Waals surface area contributed by atoms with Crippen LogP contribution in [0.25, 0.3) is 0 Å². The van der Waals surface area contributed by atoms with Crippen molar-refractivity contribution in [2.45, 2.75) is 30.7 Å². The normalized spacial score (nSPS) is 19.0. The second-order valence-corrected chi connectivity index (χ2v) is 6.78. The van der Waals surface area contributed by atoms with Crippen LogP contribution in [-0.4, -0.2) is 37.8 Å². The van der Waals surface area contributed by atoms with E-state index in [1.807, 2.05) is 0 Å². The zero-order valence-electron chi connectivity index (χ0n) is 11.8. The van der Waals surface area contributed by atoms with E-state index in [0.29, 0.717) is 31.6 Å². The highest BCUT2D eigenvalue weighted by atomic mass is 35.5. The zero-order valence-corrected chi connectivity index (χ0v) is 13.4. The van der Waals surface area contributed by atoms with Crippen molar-refractivity contribution in [1.82, 2.24) is 4.31 Å². The summed E-state index contributed by atoms with van der Waals surface area (Å²) in [6.07, 6.45) is 1.07. The molecule has 1 amide bonds. The van der Waals surface area contributed by atoms with Gasteiger partial charge in [0.05, 0.1) is 4.90 Å². The number of hydrogen-bond donors (Lipinski definition) is 2. The van der Waals surface area contributed by atoms with Crippen molar-refractivity contribution in [2.75, 3.05) is 18.4 Å². The fraction of sp³-hybridized carbons (Fsp3) is 0.462. The van der Waals surface area contributed by atoms with E-state index in [1.54, 1.807) is 19.1 Å². The third-order valence-electron chi connectivity index (χ3n) is 3.28. The Hall–Kier alpha value is -1.15. The molecule has 8 heteroatoms. The van der Waals surface area contributed by atoms with Gasteiger partial charge in [-0.15, -0.1) is 12.4 Å². The molecule has 1 fully saturated rings. The number of carbonyl (C=O) groups is 1. The number of benzene rings is 1. The van der Waals surface area contributed by atoms with E-state index in [1.165, 1.54) is 16.4 Å².